The molecule has 1 heterocycles. The molecule has 3 rings (SSSR count). The molecule has 0 unspecified atom stereocenters. The summed E-state index contributed by atoms with van der Waals surface area (Å²) in [5, 5.41) is 2.93. The van der Waals surface area contributed by atoms with Crippen molar-refractivity contribution in [2.75, 3.05) is 30.4 Å². The second kappa shape index (κ2) is 6.32. The van der Waals surface area contributed by atoms with Crippen molar-refractivity contribution in [1.29, 1.82) is 0 Å². The molecule has 0 fully saturated rings. The van der Waals surface area contributed by atoms with Crippen LogP contribution in [0.1, 0.15) is 35.7 Å². The fourth-order valence-corrected chi connectivity index (χ4v) is 2.66. The Hall–Kier alpha value is -2.49. The summed E-state index contributed by atoms with van der Waals surface area (Å²) in [7, 11) is 2.04. The largest absolute Gasteiger partial charge is 0.489 e. The van der Waals surface area contributed by atoms with Gasteiger partial charge in [0.2, 0.25) is 0 Å². The van der Waals surface area contributed by atoms with E-state index < -0.39 is 0 Å². The molecule has 0 saturated heterocycles. The van der Waals surface area contributed by atoms with Crippen LogP contribution in [0.3, 0.4) is 0 Å². The number of fused-ring (bicyclic) bond motifs is 1. The van der Waals surface area contributed by atoms with Crippen LogP contribution in [0.4, 0.5) is 11.4 Å². The maximum Gasteiger partial charge on any atom is 0.255 e. The Morgan fingerprint density at radius 3 is 2.61 bits per heavy atom. The van der Waals surface area contributed by atoms with E-state index in [1.54, 1.807) is 0 Å². The SMILES string of the molecule is CC(C)c1ccc(C(=O)Nc2ccc3c(c2)OCCN3C)cc1. The molecule has 0 saturated carbocycles. The molecule has 0 radical (unpaired) electrons. The van der Waals surface area contributed by atoms with Gasteiger partial charge in [0.05, 0.1) is 12.2 Å². The van der Waals surface area contributed by atoms with Crippen molar-refractivity contribution in [2.24, 2.45) is 0 Å². The first-order valence-electron chi connectivity index (χ1n) is 7.94. The number of hydrogen-bond acceptors (Lipinski definition) is 3. The summed E-state index contributed by atoms with van der Waals surface area (Å²) in [4.78, 5) is 14.5. The smallest absolute Gasteiger partial charge is 0.255 e. The summed E-state index contributed by atoms with van der Waals surface area (Å²) in [6.45, 7) is 5.82. The van der Waals surface area contributed by atoms with Gasteiger partial charge in [-0.05, 0) is 35.7 Å². The van der Waals surface area contributed by atoms with Crippen molar-refractivity contribution in [3.05, 3.63) is 53.6 Å². The average Bonchev–Trinajstić information content (AvgIpc) is 2.55. The lowest BCUT2D eigenvalue weighted by Gasteiger charge is -2.27. The minimum Gasteiger partial charge on any atom is -0.489 e. The van der Waals surface area contributed by atoms with E-state index in [1.165, 1.54) is 5.56 Å². The summed E-state index contributed by atoms with van der Waals surface area (Å²) >= 11 is 0. The fraction of sp³-hybridized carbons (Fsp3) is 0.316. The topological polar surface area (TPSA) is 41.6 Å². The molecule has 120 valence electrons. The zero-order valence-electron chi connectivity index (χ0n) is 13.8. The highest BCUT2D eigenvalue weighted by molar-refractivity contribution is 6.04. The van der Waals surface area contributed by atoms with Crippen LogP contribution < -0.4 is 15.0 Å². The molecule has 0 spiro atoms. The lowest BCUT2D eigenvalue weighted by Crippen LogP contribution is -2.28. The van der Waals surface area contributed by atoms with Crippen molar-refractivity contribution in [3.8, 4) is 5.75 Å². The van der Waals surface area contributed by atoms with Gasteiger partial charge in [-0.25, -0.2) is 0 Å². The Morgan fingerprint density at radius 1 is 1.17 bits per heavy atom. The molecule has 1 aliphatic rings. The van der Waals surface area contributed by atoms with Gasteiger partial charge in [0.1, 0.15) is 12.4 Å². The molecule has 4 heteroatoms. The number of likely N-dealkylation sites (N-methyl/N-ethyl adjacent to an activating group) is 1. The summed E-state index contributed by atoms with van der Waals surface area (Å²) in [5.74, 6) is 1.16. The highest BCUT2D eigenvalue weighted by Crippen LogP contribution is 2.33. The van der Waals surface area contributed by atoms with Gasteiger partial charge in [-0.2, -0.15) is 0 Å². The molecular weight excluding hydrogens is 288 g/mol. The molecule has 1 amide bonds. The maximum atomic E-state index is 12.4. The zero-order chi connectivity index (χ0) is 16.4. The van der Waals surface area contributed by atoms with E-state index in [9.17, 15) is 4.79 Å². The molecule has 0 bridgehead atoms. The first kappa shape index (κ1) is 15.4. The van der Waals surface area contributed by atoms with E-state index in [-0.39, 0.29) is 5.91 Å². The van der Waals surface area contributed by atoms with E-state index >= 15 is 0 Å². The Kier molecular flexibility index (Phi) is 4.24. The monoisotopic (exact) mass is 310 g/mol. The van der Waals surface area contributed by atoms with E-state index in [2.05, 4.69) is 24.1 Å². The number of ether oxygens (including phenoxy) is 1. The number of rotatable bonds is 3. The van der Waals surface area contributed by atoms with E-state index in [0.717, 1.165) is 23.7 Å². The number of carbonyl (C=O) groups is 1. The minimum absolute atomic E-state index is 0.107. The summed E-state index contributed by atoms with van der Waals surface area (Å²) < 4.78 is 5.67. The predicted octanol–water partition coefficient (Wildman–Crippen LogP) is 3.89. The van der Waals surface area contributed by atoms with E-state index in [4.69, 9.17) is 4.74 Å². The highest BCUT2D eigenvalue weighted by Gasteiger charge is 2.16. The van der Waals surface area contributed by atoms with Crippen molar-refractivity contribution in [2.45, 2.75) is 19.8 Å². The Bertz CT molecular complexity index is 708. The molecule has 2 aromatic carbocycles. The molecule has 2 aromatic rings. The van der Waals surface area contributed by atoms with Crippen LogP contribution in [-0.2, 0) is 0 Å². The number of hydrogen-bond donors (Lipinski definition) is 1. The third kappa shape index (κ3) is 3.31. The van der Waals surface area contributed by atoms with Crippen LogP contribution in [0.5, 0.6) is 5.75 Å². The van der Waals surface area contributed by atoms with Crippen LogP contribution >= 0.6 is 0 Å². The van der Waals surface area contributed by atoms with Gasteiger partial charge in [-0.1, -0.05) is 26.0 Å². The molecule has 23 heavy (non-hydrogen) atoms. The zero-order valence-corrected chi connectivity index (χ0v) is 13.8. The van der Waals surface area contributed by atoms with E-state index in [1.807, 2.05) is 49.5 Å². The molecular formula is C19H22N2O2. The first-order valence-corrected chi connectivity index (χ1v) is 7.94. The lowest BCUT2D eigenvalue weighted by molar-refractivity contribution is 0.102. The summed E-state index contributed by atoms with van der Waals surface area (Å²) in [5.41, 5.74) is 3.68. The fourth-order valence-electron chi connectivity index (χ4n) is 2.66. The highest BCUT2D eigenvalue weighted by atomic mass is 16.5. The summed E-state index contributed by atoms with van der Waals surface area (Å²) in [6.07, 6.45) is 0. The van der Waals surface area contributed by atoms with Gasteiger partial charge >= 0.3 is 0 Å². The number of nitrogens with zero attached hydrogens (tertiary/aromatic N) is 1. The Balaban J connectivity index is 1.75. The van der Waals surface area contributed by atoms with Crippen molar-refractivity contribution in [1.82, 2.24) is 0 Å². The van der Waals surface area contributed by atoms with Gasteiger partial charge in [0.25, 0.3) is 5.91 Å². The van der Waals surface area contributed by atoms with Gasteiger partial charge in [0.15, 0.2) is 0 Å². The second-order valence-corrected chi connectivity index (χ2v) is 6.18. The quantitative estimate of drug-likeness (QED) is 0.935. The van der Waals surface area contributed by atoms with Gasteiger partial charge in [-0.3, -0.25) is 4.79 Å². The average molecular weight is 310 g/mol. The normalized spacial score (nSPS) is 13.5. The first-order chi connectivity index (χ1) is 11.0. The molecule has 0 aliphatic carbocycles. The van der Waals surface area contributed by atoms with Crippen LogP contribution in [0.25, 0.3) is 0 Å². The summed E-state index contributed by atoms with van der Waals surface area (Å²) in [6, 6.07) is 13.5. The van der Waals surface area contributed by atoms with Crippen LogP contribution in [0.2, 0.25) is 0 Å². The van der Waals surface area contributed by atoms with Crippen LogP contribution in [0, 0.1) is 0 Å². The van der Waals surface area contributed by atoms with Crippen LogP contribution in [0.15, 0.2) is 42.5 Å². The van der Waals surface area contributed by atoms with Crippen molar-refractivity contribution in [3.63, 3.8) is 0 Å². The minimum atomic E-state index is -0.107. The number of nitrogens with one attached hydrogen (secondary N) is 1. The molecule has 1 aliphatic heterocycles. The number of amides is 1. The van der Waals surface area contributed by atoms with Crippen molar-refractivity contribution >= 4 is 17.3 Å². The van der Waals surface area contributed by atoms with Crippen molar-refractivity contribution < 1.29 is 9.53 Å². The molecule has 0 atom stereocenters. The third-order valence-electron chi connectivity index (χ3n) is 4.15. The molecule has 4 nitrogen and oxygen atoms in total. The van der Waals surface area contributed by atoms with Gasteiger partial charge in [0, 0.05) is 24.4 Å². The molecule has 0 aromatic heterocycles. The predicted molar refractivity (Wildman–Crippen MR) is 93.7 cm³/mol. The molecule has 1 N–H and O–H groups in total. The van der Waals surface area contributed by atoms with E-state index in [0.29, 0.717) is 18.1 Å². The Morgan fingerprint density at radius 2 is 1.91 bits per heavy atom. The maximum absolute atomic E-state index is 12.4. The number of carbonyl (C=O) groups excluding carboxylic acids is 1. The lowest BCUT2D eigenvalue weighted by atomic mass is 10.0. The van der Waals surface area contributed by atoms with Crippen LogP contribution in [-0.4, -0.2) is 26.1 Å². The number of anilines is 2. The van der Waals surface area contributed by atoms with Gasteiger partial charge in [-0.15, -0.1) is 0 Å². The number of benzene rings is 2. The van der Waals surface area contributed by atoms with Gasteiger partial charge < -0.3 is 15.0 Å². The Labute approximate surface area is 137 Å². The standard InChI is InChI=1S/C19H22N2O2/c1-13(2)14-4-6-15(7-5-14)19(22)20-16-8-9-17-18(12-16)23-11-10-21(17)3/h4-9,12-13H,10-11H2,1-3H3,(H,20,22). The second-order valence-electron chi connectivity index (χ2n) is 6.18. The third-order valence-corrected chi connectivity index (χ3v) is 4.15.